The molecule has 1 saturated heterocycles. The number of anilines is 3. The molecule has 1 aliphatic rings. The van der Waals surface area contributed by atoms with Crippen LogP contribution < -0.4 is 10.2 Å². The molecule has 0 aliphatic carbocycles. The van der Waals surface area contributed by atoms with Crippen molar-refractivity contribution < 1.29 is 9.53 Å². The van der Waals surface area contributed by atoms with Gasteiger partial charge in [0.2, 0.25) is 0 Å². The maximum atomic E-state index is 11.1. The van der Waals surface area contributed by atoms with E-state index in [-0.39, 0.29) is 0 Å². The van der Waals surface area contributed by atoms with Crippen molar-refractivity contribution in [3.8, 4) is 0 Å². The number of carbonyl (C=O) groups is 1. The number of thioether (sulfide) groups is 1. The lowest BCUT2D eigenvalue weighted by atomic mass is 10.2. The van der Waals surface area contributed by atoms with E-state index in [4.69, 9.17) is 4.74 Å². The van der Waals surface area contributed by atoms with E-state index < -0.39 is 0 Å². The molecular formula is C16H18N4O2S. The van der Waals surface area contributed by atoms with Crippen LogP contribution in [0.3, 0.4) is 0 Å². The average Bonchev–Trinajstić information content (AvgIpc) is 2.63. The smallest absolute Gasteiger partial charge is 0.189 e. The molecule has 120 valence electrons. The Balaban J connectivity index is 1.76. The second kappa shape index (κ2) is 7.43. The number of morpholine rings is 1. The molecule has 2 aromatic rings. The molecule has 0 radical (unpaired) electrons. The summed E-state index contributed by atoms with van der Waals surface area (Å²) in [6, 6.07) is 8.09. The van der Waals surface area contributed by atoms with Crippen LogP contribution in [0.15, 0.2) is 35.6 Å². The van der Waals surface area contributed by atoms with E-state index in [2.05, 4.69) is 32.3 Å². The Morgan fingerprint density at radius 1 is 1.26 bits per heavy atom. The first-order chi connectivity index (χ1) is 11.3. The SMILES string of the molecule is CSc1ncc(C=O)c(Nc2ccc(N3CCOCC3)cc2)n1. The van der Waals surface area contributed by atoms with Crippen molar-refractivity contribution in [2.45, 2.75) is 5.16 Å². The highest BCUT2D eigenvalue weighted by Crippen LogP contribution is 2.23. The van der Waals surface area contributed by atoms with Crippen molar-refractivity contribution in [1.82, 2.24) is 9.97 Å². The molecule has 1 fully saturated rings. The van der Waals surface area contributed by atoms with Gasteiger partial charge in [0.25, 0.3) is 0 Å². The summed E-state index contributed by atoms with van der Waals surface area (Å²) in [6.07, 6.45) is 4.20. The molecule has 0 spiro atoms. The highest BCUT2D eigenvalue weighted by Gasteiger charge is 2.11. The lowest BCUT2D eigenvalue weighted by Gasteiger charge is -2.28. The van der Waals surface area contributed by atoms with Gasteiger partial charge in [0.05, 0.1) is 18.8 Å². The molecule has 1 aromatic carbocycles. The zero-order valence-electron chi connectivity index (χ0n) is 12.9. The first kappa shape index (κ1) is 15.8. The summed E-state index contributed by atoms with van der Waals surface area (Å²) in [7, 11) is 0. The summed E-state index contributed by atoms with van der Waals surface area (Å²) in [5, 5.41) is 3.82. The maximum absolute atomic E-state index is 11.1. The van der Waals surface area contributed by atoms with Gasteiger partial charge in [-0.25, -0.2) is 9.97 Å². The molecule has 2 heterocycles. The molecule has 0 bridgehead atoms. The number of hydrogen-bond donors (Lipinski definition) is 1. The largest absolute Gasteiger partial charge is 0.378 e. The molecule has 0 amide bonds. The Labute approximate surface area is 139 Å². The second-order valence-electron chi connectivity index (χ2n) is 5.05. The van der Waals surface area contributed by atoms with Gasteiger partial charge in [-0.2, -0.15) is 0 Å². The number of aromatic nitrogens is 2. The molecule has 1 aromatic heterocycles. The summed E-state index contributed by atoms with van der Waals surface area (Å²) in [5.41, 5.74) is 2.50. The number of nitrogens with zero attached hydrogens (tertiary/aromatic N) is 3. The Bertz CT molecular complexity index is 672. The molecule has 1 N–H and O–H groups in total. The second-order valence-corrected chi connectivity index (χ2v) is 5.82. The number of aldehydes is 1. The molecule has 1 aliphatic heterocycles. The van der Waals surface area contributed by atoms with Crippen molar-refractivity contribution in [3.05, 3.63) is 36.0 Å². The van der Waals surface area contributed by atoms with Gasteiger partial charge >= 0.3 is 0 Å². The zero-order chi connectivity index (χ0) is 16.1. The van der Waals surface area contributed by atoms with Crippen molar-refractivity contribution >= 4 is 35.2 Å². The molecule has 3 rings (SSSR count). The van der Waals surface area contributed by atoms with Crippen LogP contribution in [-0.2, 0) is 4.74 Å². The molecule has 23 heavy (non-hydrogen) atoms. The fourth-order valence-electron chi connectivity index (χ4n) is 2.37. The number of ether oxygens (including phenoxy) is 1. The molecule has 6 nitrogen and oxygen atoms in total. The van der Waals surface area contributed by atoms with E-state index in [9.17, 15) is 4.79 Å². The normalized spacial score (nSPS) is 14.6. The summed E-state index contributed by atoms with van der Waals surface area (Å²) in [5.74, 6) is 0.526. The van der Waals surface area contributed by atoms with Crippen molar-refractivity contribution in [2.24, 2.45) is 0 Å². The molecule has 7 heteroatoms. The summed E-state index contributed by atoms with van der Waals surface area (Å²) in [6.45, 7) is 3.35. The molecular weight excluding hydrogens is 312 g/mol. The van der Waals surface area contributed by atoms with Crippen LogP contribution in [-0.4, -0.2) is 48.8 Å². The summed E-state index contributed by atoms with van der Waals surface area (Å²) < 4.78 is 5.37. The van der Waals surface area contributed by atoms with Gasteiger partial charge in [-0.3, -0.25) is 4.79 Å². The first-order valence-corrected chi connectivity index (χ1v) is 8.58. The van der Waals surface area contributed by atoms with E-state index >= 15 is 0 Å². The van der Waals surface area contributed by atoms with Crippen LogP contribution in [0, 0.1) is 0 Å². The van der Waals surface area contributed by atoms with Gasteiger partial charge in [0.1, 0.15) is 5.82 Å². The van der Waals surface area contributed by atoms with Crippen molar-refractivity contribution in [1.29, 1.82) is 0 Å². The first-order valence-electron chi connectivity index (χ1n) is 7.36. The fraction of sp³-hybridized carbons (Fsp3) is 0.312. The summed E-state index contributed by atoms with van der Waals surface area (Å²) in [4.78, 5) is 21.9. The molecule has 0 atom stereocenters. The quantitative estimate of drug-likeness (QED) is 0.513. The van der Waals surface area contributed by atoms with Gasteiger partial charge in [-0.1, -0.05) is 11.8 Å². The third kappa shape index (κ3) is 3.80. The minimum Gasteiger partial charge on any atom is -0.378 e. The third-order valence-electron chi connectivity index (χ3n) is 3.61. The van der Waals surface area contributed by atoms with E-state index in [0.717, 1.165) is 38.3 Å². The van der Waals surface area contributed by atoms with Crippen LogP contribution in [0.2, 0.25) is 0 Å². The maximum Gasteiger partial charge on any atom is 0.189 e. The number of carbonyl (C=O) groups excluding carboxylic acids is 1. The third-order valence-corrected chi connectivity index (χ3v) is 4.17. The van der Waals surface area contributed by atoms with Crippen LogP contribution in [0.4, 0.5) is 17.2 Å². The standard InChI is InChI=1S/C16H18N4O2S/c1-23-16-17-10-12(11-21)15(19-16)18-13-2-4-14(5-3-13)20-6-8-22-9-7-20/h2-5,10-11H,6-9H2,1H3,(H,17,18,19). The summed E-state index contributed by atoms with van der Waals surface area (Å²) >= 11 is 1.44. The van der Waals surface area contributed by atoms with E-state index in [1.165, 1.54) is 23.6 Å². The highest BCUT2D eigenvalue weighted by molar-refractivity contribution is 7.98. The lowest BCUT2D eigenvalue weighted by Crippen LogP contribution is -2.36. The Hall–Kier alpha value is -2.12. The number of hydrogen-bond acceptors (Lipinski definition) is 7. The van der Waals surface area contributed by atoms with Crippen LogP contribution >= 0.6 is 11.8 Å². The van der Waals surface area contributed by atoms with E-state index in [0.29, 0.717) is 16.5 Å². The van der Waals surface area contributed by atoms with Crippen LogP contribution in [0.5, 0.6) is 0 Å². The minimum atomic E-state index is 0.444. The predicted molar refractivity (Wildman–Crippen MR) is 92.0 cm³/mol. The van der Waals surface area contributed by atoms with E-state index in [1.54, 1.807) is 0 Å². The van der Waals surface area contributed by atoms with Crippen LogP contribution in [0.25, 0.3) is 0 Å². The van der Waals surface area contributed by atoms with Crippen molar-refractivity contribution in [2.75, 3.05) is 42.8 Å². The lowest BCUT2D eigenvalue weighted by molar-refractivity contribution is 0.112. The fourth-order valence-corrected chi connectivity index (χ4v) is 2.71. The zero-order valence-corrected chi connectivity index (χ0v) is 13.7. The average molecular weight is 330 g/mol. The van der Waals surface area contributed by atoms with Crippen LogP contribution in [0.1, 0.15) is 10.4 Å². The molecule has 0 unspecified atom stereocenters. The van der Waals surface area contributed by atoms with Gasteiger partial charge in [0.15, 0.2) is 11.4 Å². The monoisotopic (exact) mass is 330 g/mol. The van der Waals surface area contributed by atoms with Crippen molar-refractivity contribution in [3.63, 3.8) is 0 Å². The van der Waals surface area contributed by atoms with Gasteiger partial charge in [-0.15, -0.1) is 0 Å². The van der Waals surface area contributed by atoms with Gasteiger partial charge in [-0.05, 0) is 30.5 Å². The minimum absolute atomic E-state index is 0.444. The number of nitrogens with one attached hydrogen (secondary N) is 1. The number of benzene rings is 1. The Morgan fingerprint density at radius 2 is 2.00 bits per heavy atom. The Kier molecular flexibility index (Phi) is 5.09. The predicted octanol–water partition coefficient (Wildman–Crippen LogP) is 2.59. The number of rotatable bonds is 5. The topological polar surface area (TPSA) is 67.4 Å². The van der Waals surface area contributed by atoms with Gasteiger partial charge < -0.3 is 15.0 Å². The Morgan fingerprint density at radius 3 is 2.65 bits per heavy atom. The van der Waals surface area contributed by atoms with E-state index in [1.807, 2.05) is 18.4 Å². The highest BCUT2D eigenvalue weighted by atomic mass is 32.2. The van der Waals surface area contributed by atoms with Gasteiger partial charge in [0, 0.05) is 30.7 Å². The molecule has 0 saturated carbocycles.